The molecule has 1 saturated carbocycles. The lowest BCUT2D eigenvalue weighted by molar-refractivity contribution is -0.124. The third-order valence-corrected chi connectivity index (χ3v) is 4.39. The SMILES string of the molecule is O=C1NCCNC1Cc1nc2ccc(Cl)cc2n1C1CC1. The van der Waals surface area contributed by atoms with E-state index < -0.39 is 0 Å². The number of rotatable bonds is 3. The first-order valence-corrected chi connectivity index (χ1v) is 7.77. The molecule has 2 aliphatic rings. The summed E-state index contributed by atoms with van der Waals surface area (Å²) in [7, 11) is 0. The Kier molecular flexibility index (Phi) is 3.12. The van der Waals surface area contributed by atoms with Gasteiger partial charge in [-0.15, -0.1) is 0 Å². The number of imidazole rings is 1. The van der Waals surface area contributed by atoms with Gasteiger partial charge in [-0.05, 0) is 31.0 Å². The molecule has 2 fully saturated rings. The fraction of sp³-hybridized carbons (Fsp3) is 0.467. The third-order valence-electron chi connectivity index (χ3n) is 4.15. The highest BCUT2D eigenvalue weighted by Crippen LogP contribution is 2.39. The van der Waals surface area contributed by atoms with E-state index >= 15 is 0 Å². The smallest absolute Gasteiger partial charge is 0.237 e. The number of carbonyl (C=O) groups is 1. The number of nitrogens with one attached hydrogen (secondary N) is 2. The van der Waals surface area contributed by atoms with Gasteiger partial charge in [-0.1, -0.05) is 11.6 Å². The first kappa shape index (κ1) is 13.1. The second-order valence-corrected chi connectivity index (χ2v) is 6.20. The topological polar surface area (TPSA) is 59.0 Å². The lowest BCUT2D eigenvalue weighted by Crippen LogP contribution is -2.54. The van der Waals surface area contributed by atoms with Crippen LogP contribution in [-0.4, -0.2) is 34.6 Å². The van der Waals surface area contributed by atoms with E-state index in [4.69, 9.17) is 16.6 Å². The Morgan fingerprint density at radius 2 is 2.19 bits per heavy atom. The molecule has 2 heterocycles. The molecule has 4 rings (SSSR count). The van der Waals surface area contributed by atoms with Gasteiger partial charge in [0.05, 0.1) is 17.1 Å². The van der Waals surface area contributed by atoms with E-state index in [0.29, 0.717) is 19.0 Å². The minimum atomic E-state index is -0.191. The summed E-state index contributed by atoms with van der Waals surface area (Å²) in [5.41, 5.74) is 2.04. The molecule has 110 valence electrons. The van der Waals surface area contributed by atoms with E-state index in [0.717, 1.165) is 28.4 Å². The van der Waals surface area contributed by atoms with Gasteiger partial charge in [-0.3, -0.25) is 4.79 Å². The molecule has 1 aromatic carbocycles. The molecule has 1 unspecified atom stereocenters. The van der Waals surface area contributed by atoms with E-state index in [-0.39, 0.29) is 11.9 Å². The highest BCUT2D eigenvalue weighted by molar-refractivity contribution is 6.31. The standard InChI is InChI=1S/C15H17ClN4O/c16-9-1-4-11-13(7-9)20(10-2-3-10)14(19-11)8-12-15(21)18-6-5-17-12/h1,4,7,10,12,17H,2-3,5-6,8H2,(H,18,21). The quantitative estimate of drug-likeness (QED) is 0.906. The minimum Gasteiger partial charge on any atom is -0.353 e. The summed E-state index contributed by atoms with van der Waals surface area (Å²) in [6, 6.07) is 6.11. The van der Waals surface area contributed by atoms with Crippen LogP contribution in [0.2, 0.25) is 5.02 Å². The van der Waals surface area contributed by atoms with Gasteiger partial charge in [0.2, 0.25) is 5.91 Å². The number of nitrogens with zero attached hydrogens (tertiary/aromatic N) is 2. The van der Waals surface area contributed by atoms with Crippen LogP contribution < -0.4 is 10.6 Å². The van der Waals surface area contributed by atoms with Crippen LogP contribution in [0.15, 0.2) is 18.2 Å². The lowest BCUT2D eigenvalue weighted by atomic mass is 10.1. The molecule has 2 aromatic rings. The highest BCUT2D eigenvalue weighted by atomic mass is 35.5. The summed E-state index contributed by atoms with van der Waals surface area (Å²) in [5, 5.41) is 6.89. The summed E-state index contributed by atoms with van der Waals surface area (Å²) in [5.74, 6) is 1.04. The summed E-state index contributed by atoms with van der Waals surface area (Å²) in [6.45, 7) is 1.51. The predicted octanol–water partition coefficient (Wildman–Crippen LogP) is 1.66. The van der Waals surface area contributed by atoms with Gasteiger partial charge in [-0.25, -0.2) is 4.98 Å². The first-order chi connectivity index (χ1) is 10.2. The van der Waals surface area contributed by atoms with Gasteiger partial charge >= 0.3 is 0 Å². The summed E-state index contributed by atoms with van der Waals surface area (Å²) in [6.07, 6.45) is 2.97. The molecule has 0 radical (unpaired) electrons. The zero-order valence-corrected chi connectivity index (χ0v) is 12.4. The maximum Gasteiger partial charge on any atom is 0.237 e. The predicted molar refractivity (Wildman–Crippen MR) is 81.5 cm³/mol. The molecule has 1 aromatic heterocycles. The van der Waals surface area contributed by atoms with Crippen molar-refractivity contribution in [3.8, 4) is 0 Å². The molecular weight excluding hydrogens is 288 g/mol. The van der Waals surface area contributed by atoms with Gasteiger partial charge in [0.15, 0.2) is 0 Å². The number of piperazine rings is 1. The van der Waals surface area contributed by atoms with Crippen molar-refractivity contribution in [2.45, 2.75) is 31.3 Å². The average molecular weight is 305 g/mol. The molecule has 1 aliphatic carbocycles. The van der Waals surface area contributed by atoms with Gasteiger partial charge in [0.1, 0.15) is 5.82 Å². The van der Waals surface area contributed by atoms with Crippen LogP contribution in [0.4, 0.5) is 0 Å². The van der Waals surface area contributed by atoms with Crippen molar-refractivity contribution in [1.82, 2.24) is 20.2 Å². The van der Waals surface area contributed by atoms with Crippen molar-refractivity contribution < 1.29 is 4.79 Å². The second-order valence-electron chi connectivity index (χ2n) is 5.76. The molecule has 1 amide bonds. The third kappa shape index (κ3) is 2.40. The van der Waals surface area contributed by atoms with Crippen molar-refractivity contribution in [2.24, 2.45) is 0 Å². The number of carbonyl (C=O) groups excluding carboxylic acids is 1. The average Bonchev–Trinajstić information content (AvgIpc) is 3.24. The van der Waals surface area contributed by atoms with Crippen molar-refractivity contribution in [3.05, 3.63) is 29.0 Å². The number of halogens is 1. The Hall–Kier alpha value is -1.59. The Labute approximate surface area is 127 Å². The van der Waals surface area contributed by atoms with Crippen LogP contribution >= 0.6 is 11.6 Å². The highest BCUT2D eigenvalue weighted by Gasteiger charge is 2.31. The summed E-state index contributed by atoms with van der Waals surface area (Å²) < 4.78 is 2.27. The van der Waals surface area contributed by atoms with Crippen molar-refractivity contribution >= 4 is 28.5 Å². The van der Waals surface area contributed by atoms with E-state index in [1.165, 1.54) is 12.8 Å². The largest absolute Gasteiger partial charge is 0.353 e. The number of amides is 1. The van der Waals surface area contributed by atoms with E-state index in [1.807, 2.05) is 18.2 Å². The zero-order valence-electron chi connectivity index (χ0n) is 11.6. The van der Waals surface area contributed by atoms with Crippen LogP contribution in [0.5, 0.6) is 0 Å². The molecule has 1 atom stereocenters. The van der Waals surface area contributed by atoms with E-state index in [9.17, 15) is 4.79 Å². The van der Waals surface area contributed by atoms with Crippen LogP contribution in [0.25, 0.3) is 11.0 Å². The fourth-order valence-electron chi connectivity index (χ4n) is 3.00. The molecule has 1 aliphatic heterocycles. The molecule has 21 heavy (non-hydrogen) atoms. The Morgan fingerprint density at radius 1 is 1.33 bits per heavy atom. The Bertz CT molecular complexity index is 707. The lowest BCUT2D eigenvalue weighted by Gasteiger charge is -2.23. The van der Waals surface area contributed by atoms with Crippen molar-refractivity contribution in [1.29, 1.82) is 0 Å². The van der Waals surface area contributed by atoms with Crippen molar-refractivity contribution in [3.63, 3.8) is 0 Å². The van der Waals surface area contributed by atoms with Crippen LogP contribution in [0, 0.1) is 0 Å². The maximum absolute atomic E-state index is 11.9. The normalized spacial score (nSPS) is 22.5. The Balaban J connectivity index is 1.73. The second kappa shape index (κ2) is 5.00. The number of hydrogen-bond acceptors (Lipinski definition) is 3. The Morgan fingerprint density at radius 3 is 2.95 bits per heavy atom. The molecule has 0 bridgehead atoms. The first-order valence-electron chi connectivity index (χ1n) is 7.40. The van der Waals surface area contributed by atoms with Gasteiger partial charge in [-0.2, -0.15) is 0 Å². The molecule has 5 nitrogen and oxygen atoms in total. The van der Waals surface area contributed by atoms with Crippen molar-refractivity contribution in [2.75, 3.05) is 13.1 Å². The van der Waals surface area contributed by atoms with Gasteiger partial charge < -0.3 is 15.2 Å². The monoisotopic (exact) mass is 304 g/mol. The summed E-state index contributed by atoms with van der Waals surface area (Å²) >= 11 is 6.12. The summed E-state index contributed by atoms with van der Waals surface area (Å²) in [4.78, 5) is 16.7. The van der Waals surface area contributed by atoms with E-state index in [1.54, 1.807) is 0 Å². The van der Waals surface area contributed by atoms with Crippen LogP contribution in [0.1, 0.15) is 24.7 Å². The minimum absolute atomic E-state index is 0.0636. The maximum atomic E-state index is 11.9. The zero-order chi connectivity index (χ0) is 14.4. The number of hydrogen-bond donors (Lipinski definition) is 2. The molecule has 2 N–H and O–H groups in total. The van der Waals surface area contributed by atoms with Gasteiger partial charge in [0.25, 0.3) is 0 Å². The molecular formula is C15H17ClN4O. The molecule has 0 spiro atoms. The fourth-order valence-corrected chi connectivity index (χ4v) is 3.16. The van der Waals surface area contributed by atoms with Crippen LogP contribution in [0.3, 0.4) is 0 Å². The number of fused-ring (bicyclic) bond motifs is 1. The van der Waals surface area contributed by atoms with Crippen LogP contribution in [-0.2, 0) is 11.2 Å². The molecule has 6 heteroatoms. The molecule has 1 saturated heterocycles. The van der Waals surface area contributed by atoms with Gasteiger partial charge in [0, 0.05) is 30.6 Å². The van der Waals surface area contributed by atoms with E-state index in [2.05, 4.69) is 15.2 Å². The number of benzene rings is 1. The number of aromatic nitrogens is 2.